The highest BCUT2D eigenvalue weighted by Crippen LogP contribution is 2.63. The predicted molar refractivity (Wildman–Crippen MR) is 84.7 cm³/mol. The van der Waals surface area contributed by atoms with E-state index in [0.29, 0.717) is 6.04 Å². The fourth-order valence-corrected chi connectivity index (χ4v) is 4.76. The van der Waals surface area contributed by atoms with Crippen LogP contribution in [0.4, 0.5) is 11.4 Å². The minimum atomic E-state index is -0.429. The maximum Gasteiger partial charge on any atom is 0.289 e. The summed E-state index contributed by atoms with van der Waals surface area (Å²) < 4.78 is 0. The number of fused-ring (bicyclic) bond motifs is 2. The van der Waals surface area contributed by atoms with E-state index < -0.39 is 4.92 Å². The van der Waals surface area contributed by atoms with Crippen LogP contribution < -0.4 is 5.32 Å². The Labute approximate surface area is 130 Å². The van der Waals surface area contributed by atoms with Crippen LogP contribution >= 0.6 is 11.6 Å². The van der Waals surface area contributed by atoms with E-state index in [1.807, 2.05) is 6.07 Å². The van der Waals surface area contributed by atoms with Gasteiger partial charge in [-0.1, -0.05) is 32.4 Å². The van der Waals surface area contributed by atoms with Crippen LogP contribution in [0.15, 0.2) is 18.2 Å². The Kier molecular flexibility index (Phi) is 3.21. The highest BCUT2D eigenvalue weighted by molar-refractivity contribution is 6.32. The molecule has 114 valence electrons. The SMILES string of the molecule is CC1(C)C(Nc2ccc(Cl)c([N+](=O)[O-])c2)[C@]2(C)CC[C@H]1C2. The van der Waals surface area contributed by atoms with Gasteiger partial charge < -0.3 is 5.32 Å². The standard InChI is InChI=1S/C16H21ClN2O2/c1-15(2)10-6-7-16(3,9-10)14(15)18-11-4-5-12(17)13(8-11)19(20)21/h4-5,8,10,14,18H,6-7,9H2,1-3H3/t10-,14?,16+/m0/s1. The van der Waals surface area contributed by atoms with E-state index in [1.54, 1.807) is 12.1 Å². The van der Waals surface area contributed by atoms with Gasteiger partial charge in [-0.25, -0.2) is 0 Å². The molecule has 3 rings (SSSR count). The molecule has 4 nitrogen and oxygen atoms in total. The van der Waals surface area contributed by atoms with Crippen molar-refractivity contribution in [1.29, 1.82) is 0 Å². The van der Waals surface area contributed by atoms with Gasteiger partial charge in [-0.05, 0) is 48.1 Å². The summed E-state index contributed by atoms with van der Waals surface area (Å²) in [4.78, 5) is 10.6. The number of rotatable bonds is 3. The van der Waals surface area contributed by atoms with Crippen LogP contribution in [0.2, 0.25) is 5.02 Å². The number of nitro groups is 1. The second-order valence-corrected chi connectivity index (χ2v) is 7.82. The van der Waals surface area contributed by atoms with Crippen molar-refractivity contribution in [3.05, 3.63) is 33.3 Å². The molecule has 1 aromatic rings. The van der Waals surface area contributed by atoms with Crippen molar-refractivity contribution in [3.8, 4) is 0 Å². The molecule has 2 aliphatic rings. The fraction of sp³-hybridized carbons (Fsp3) is 0.625. The zero-order valence-corrected chi connectivity index (χ0v) is 13.4. The van der Waals surface area contributed by atoms with Crippen LogP contribution in [-0.4, -0.2) is 11.0 Å². The van der Waals surface area contributed by atoms with Crippen LogP contribution in [0, 0.1) is 26.9 Å². The van der Waals surface area contributed by atoms with Crippen LogP contribution in [0.3, 0.4) is 0 Å². The third-order valence-electron chi connectivity index (χ3n) is 5.72. The first-order valence-electron chi connectivity index (χ1n) is 7.44. The van der Waals surface area contributed by atoms with Crippen molar-refractivity contribution in [2.24, 2.45) is 16.7 Å². The lowest BCUT2D eigenvalue weighted by molar-refractivity contribution is -0.384. The van der Waals surface area contributed by atoms with Gasteiger partial charge in [0, 0.05) is 17.8 Å². The van der Waals surface area contributed by atoms with Gasteiger partial charge in [-0.15, -0.1) is 0 Å². The molecule has 2 fully saturated rings. The minimum Gasteiger partial charge on any atom is -0.381 e. The highest BCUT2D eigenvalue weighted by Gasteiger charge is 2.59. The summed E-state index contributed by atoms with van der Waals surface area (Å²) >= 11 is 5.88. The van der Waals surface area contributed by atoms with Crippen molar-refractivity contribution in [2.75, 3.05) is 5.32 Å². The first-order chi connectivity index (χ1) is 9.74. The van der Waals surface area contributed by atoms with Crippen molar-refractivity contribution in [2.45, 2.75) is 46.1 Å². The molecule has 0 heterocycles. The number of nitrogens with zero attached hydrogens (tertiary/aromatic N) is 1. The van der Waals surface area contributed by atoms with Crippen molar-refractivity contribution in [3.63, 3.8) is 0 Å². The van der Waals surface area contributed by atoms with Gasteiger partial charge in [0.25, 0.3) is 5.69 Å². The largest absolute Gasteiger partial charge is 0.381 e. The van der Waals surface area contributed by atoms with Gasteiger partial charge in [0.05, 0.1) is 4.92 Å². The third-order valence-corrected chi connectivity index (χ3v) is 6.04. The molecule has 1 unspecified atom stereocenters. The number of halogens is 1. The van der Waals surface area contributed by atoms with Crippen molar-refractivity contribution >= 4 is 23.0 Å². The van der Waals surface area contributed by atoms with E-state index in [0.717, 1.165) is 11.6 Å². The smallest absolute Gasteiger partial charge is 0.289 e. The molecule has 5 heteroatoms. The zero-order valence-electron chi connectivity index (χ0n) is 12.6. The number of benzene rings is 1. The van der Waals surface area contributed by atoms with Gasteiger partial charge >= 0.3 is 0 Å². The van der Waals surface area contributed by atoms with Crippen LogP contribution in [-0.2, 0) is 0 Å². The predicted octanol–water partition coefficient (Wildman–Crippen LogP) is 4.87. The lowest BCUT2D eigenvalue weighted by atomic mass is 9.68. The molecule has 2 saturated carbocycles. The Hall–Kier alpha value is -1.29. The average molecular weight is 309 g/mol. The molecule has 0 amide bonds. The highest BCUT2D eigenvalue weighted by atomic mass is 35.5. The molecule has 0 spiro atoms. The molecule has 0 aliphatic heterocycles. The van der Waals surface area contributed by atoms with E-state index in [4.69, 9.17) is 11.6 Å². The Morgan fingerprint density at radius 2 is 2.10 bits per heavy atom. The third kappa shape index (κ3) is 2.20. The second-order valence-electron chi connectivity index (χ2n) is 7.42. The summed E-state index contributed by atoms with van der Waals surface area (Å²) in [5, 5.41) is 14.8. The monoisotopic (exact) mass is 308 g/mol. The quantitative estimate of drug-likeness (QED) is 0.640. The molecular formula is C16H21ClN2O2. The Balaban J connectivity index is 1.90. The number of anilines is 1. The lowest BCUT2D eigenvalue weighted by Gasteiger charge is -2.43. The lowest BCUT2D eigenvalue weighted by Crippen LogP contribution is -2.45. The fourth-order valence-electron chi connectivity index (χ4n) is 4.57. The maximum absolute atomic E-state index is 11.0. The van der Waals surface area contributed by atoms with Gasteiger partial charge in [0.15, 0.2) is 0 Å². The summed E-state index contributed by atoms with van der Waals surface area (Å²) in [6.45, 7) is 6.96. The average Bonchev–Trinajstić information content (AvgIpc) is 2.87. The van der Waals surface area contributed by atoms with E-state index in [2.05, 4.69) is 26.1 Å². The minimum absolute atomic E-state index is 0.0345. The molecule has 3 atom stereocenters. The second kappa shape index (κ2) is 4.60. The Bertz CT molecular complexity index is 597. The molecule has 2 aliphatic carbocycles. The first-order valence-corrected chi connectivity index (χ1v) is 7.82. The summed E-state index contributed by atoms with van der Waals surface area (Å²) in [5.74, 6) is 0.738. The summed E-state index contributed by atoms with van der Waals surface area (Å²) in [6.07, 6.45) is 3.77. The molecule has 0 aromatic heterocycles. The normalized spacial score (nSPS) is 33.1. The number of hydrogen-bond donors (Lipinski definition) is 1. The van der Waals surface area contributed by atoms with Crippen molar-refractivity contribution in [1.82, 2.24) is 0 Å². The number of nitrogens with one attached hydrogen (secondary N) is 1. The van der Waals surface area contributed by atoms with Gasteiger partial charge in [-0.2, -0.15) is 0 Å². The molecule has 21 heavy (non-hydrogen) atoms. The first kappa shape index (κ1) is 14.6. The molecule has 1 aromatic carbocycles. The van der Waals surface area contributed by atoms with E-state index >= 15 is 0 Å². The van der Waals surface area contributed by atoms with Gasteiger partial charge in [-0.3, -0.25) is 10.1 Å². The summed E-state index contributed by atoms with van der Waals surface area (Å²) in [7, 11) is 0. The van der Waals surface area contributed by atoms with E-state index in [-0.39, 0.29) is 21.5 Å². The van der Waals surface area contributed by atoms with Crippen molar-refractivity contribution < 1.29 is 4.92 Å². The van der Waals surface area contributed by atoms with E-state index in [9.17, 15) is 10.1 Å². The van der Waals surface area contributed by atoms with Gasteiger partial charge in [0.1, 0.15) is 5.02 Å². The van der Waals surface area contributed by atoms with Crippen LogP contribution in [0.5, 0.6) is 0 Å². The Morgan fingerprint density at radius 3 is 2.67 bits per heavy atom. The van der Waals surface area contributed by atoms with E-state index in [1.165, 1.54) is 19.3 Å². The van der Waals surface area contributed by atoms with Gasteiger partial charge in [0.2, 0.25) is 0 Å². The molecular weight excluding hydrogens is 288 g/mol. The molecule has 2 bridgehead atoms. The zero-order chi connectivity index (χ0) is 15.4. The molecule has 1 N–H and O–H groups in total. The topological polar surface area (TPSA) is 55.2 Å². The maximum atomic E-state index is 11.0. The number of nitro benzene ring substituents is 1. The molecule has 0 radical (unpaired) electrons. The number of hydrogen-bond acceptors (Lipinski definition) is 3. The summed E-state index contributed by atoms with van der Waals surface area (Å²) in [6, 6.07) is 5.32. The van der Waals surface area contributed by atoms with Crippen LogP contribution in [0.1, 0.15) is 40.0 Å². The molecule has 0 saturated heterocycles. The summed E-state index contributed by atoms with van der Waals surface area (Å²) in [5.41, 5.74) is 1.25. The van der Waals surface area contributed by atoms with Crippen LogP contribution in [0.25, 0.3) is 0 Å². The Morgan fingerprint density at radius 1 is 1.38 bits per heavy atom.